The summed E-state index contributed by atoms with van der Waals surface area (Å²) in [5.74, 6) is 2.46. The predicted molar refractivity (Wildman–Crippen MR) is 108 cm³/mol. The number of esters is 1. The maximum Gasteiger partial charge on any atom is 0.303 e. The largest absolute Gasteiger partial charge is 0.465 e. The molecule has 0 heterocycles. The molecule has 4 aliphatic rings. The molecule has 5 heteroatoms. The number of rotatable bonds is 5. The van der Waals surface area contributed by atoms with E-state index in [2.05, 4.69) is 13.8 Å². The van der Waals surface area contributed by atoms with Crippen molar-refractivity contribution in [3.05, 3.63) is 0 Å². The molecule has 4 rings (SSSR count). The normalized spacial score (nSPS) is 46.0. The van der Waals surface area contributed by atoms with E-state index in [-0.39, 0.29) is 35.8 Å². The van der Waals surface area contributed by atoms with Crippen LogP contribution in [-0.2, 0) is 23.9 Å². The zero-order chi connectivity index (χ0) is 20.8. The maximum absolute atomic E-state index is 12.8. The van der Waals surface area contributed by atoms with Gasteiger partial charge in [0.25, 0.3) is 6.47 Å². The van der Waals surface area contributed by atoms with E-state index >= 15 is 0 Å². The minimum absolute atomic E-state index is 0.0371. The Hall–Kier alpha value is -1.39. The summed E-state index contributed by atoms with van der Waals surface area (Å²) >= 11 is 0. The molecule has 4 aliphatic carbocycles. The second-order valence-corrected chi connectivity index (χ2v) is 10.7. The number of hydrogen-bond donors (Lipinski definition) is 0. The molecule has 0 amide bonds. The van der Waals surface area contributed by atoms with Gasteiger partial charge in [0.1, 0.15) is 12.7 Å². The zero-order valence-corrected chi connectivity index (χ0v) is 18.2. The quantitative estimate of drug-likeness (QED) is 0.504. The van der Waals surface area contributed by atoms with Crippen LogP contribution in [0.25, 0.3) is 0 Å². The van der Waals surface area contributed by atoms with Gasteiger partial charge in [-0.15, -0.1) is 0 Å². The molecular weight excluding hydrogens is 368 g/mol. The smallest absolute Gasteiger partial charge is 0.303 e. The number of carbonyl (C=O) groups is 3. The summed E-state index contributed by atoms with van der Waals surface area (Å²) in [6, 6.07) is 0. The zero-order valence-electron chi connectivity index (χ0n) is 18.2. The highest BCUT2D eigenvalue weighted by atomic mass is 16.5. The molecule has 0 aromatic carbocycles. The third-order valence-corrected chi connectivity index (χ3v) is 9.67. The van der Waals surface area contributed by atoms with E-state index in [9.17, 15) is 14.4 Å². The summed E-state index contributed by atoms with van der Waals surface area (Å²) in [6.07, 6.45) is 10.1. The molecule has 0 spiro atoms. The minimum Gasteiger partial charge on any atom is -0.465 e. The topological polar surface area (TPSA) is 69.7 Å². The summed E-state index contributed by atoms with van der Waals surface area (Å²) in [6.45, 7) is 6.75. The lowest BCUT2D eigenvalue weighted by atomic mass is 9.44. The van der Waals surface area contributed by atoms with Crippen molar-refractivity contribution in [2.24, 2.45) is 40.4 Å². The van der Waals surface area contributed by atoms with Gasteiger partial charge in [0, 0.05) is 12.8 Å². The molecule has 0 radical (unpaired) electrons. The fourth-order valence-electron chi connectivity index (χ4n) is 8.22. The lowest BCUT2D eigenvalue weighted by Gasteiger charge is -2.61. The summed E-state index contributed by atoms with van der Waals surface area (Å²) < 4.78 is 10.4. The molecule has 4 fully saturated rings. The van der Waals surface area contributed by atoms with E-state index in [0.717, 1.165) is 44.4 Å². The standard InChI is InChI=1S/C24H36O5/c1-15(26)28-13-22(27)21-7-6-19-18-5-4-16-12-17(29-14-25)8-10-23(16,2)20(18)9-11-24(19,21)3/h14,16-21H,4-13H2,1-3H3/t16?,17-,18+,19+,20+,21-,23+,24+/m1/s1. The van der Waals surface area contributed by atoms with E-state index in [0.29, 0.717) is 29.6 Å². The third-order valence-electron chi connectivity index (χ3n) is 9.67. The fraction of sp³-hybridized carbons (Fsp3) is 0.875. The van der Waals surface area contributed by atoms with Crippen molar-refractivity contribution in [2.75, 3.05) is 6.61 Å². The van der Waals surface area contributed by atoms with Crippen molar-refractivity contribution in [1.29, 1.82) is 0 Å². The summed E-state index contributed by atoms with van der Waals surface area (Å²) in [7, 11) is 0. The monoisotopic (exact) mass is 404 g/mol. The highest BCUT2D eigenvalue weighted by Gasteiger charge is 2.61. The van der Waals surface area contributed by atoms with Crippen LogP contribution in [0.2, 0.25) is 0 Å². The average Bonchev–Trinajstić information content (AvgIpc) is 3.04. The van der Waals surface area contributed by atoms with Gasteiger partial charge < -0.3 is 9.47 Å². The highest BCUT2D eigenvalue weighted by Crippen LogP contribution is 2.67. The van der Waals surface area contributed by atoms with Crippen molar-refractivity contribution in [2.45, 2.75) is 84.7 Å². The van der Waals surface area contributed by atoms with Crippen LogP contribution in [0.15, 0.2) is 0 Å². The van der Waals surface area contributed by atoms with E-state index in [1.807, 2.05) is 0 Å². The van der Waals surface area contributed by atoms with Crippen LogP contribution >= 0.6 is 0 Å². The van der Waals surface area contributed by atoms with Gasteiger partial charge in [0.15, 0.2) is 5.78 Å². The van der Waals surface area contributed by atoms with Crippen molar-refractivity contribution < 1.29 is 23.9 Å². The fourth-order valence-corrected chi connectivity index (χ4v) is 8.22. The number of fused-ring (bicyclic) bond motifs is 5. The first kappa shape index (κ1) is 20.9. The Kier molecular flexibility index (Phi) is 5.54. The molecule has 4 saturated carbocycles. The second kappa shape index (κ2) is 7.70. The Morgan fingerprint density at radius 2 is 1.69 bits per heavy atom. The van der Waals surface area contributed by atoms with Gasteiger partial charge in [0.2, 0.25) is 0 Å². The van der Waals surface area contributed by atoms with Crippen LogP contribution in [0, 0.1) is 40.4 Å². The van der Waals surface area contributed by atoms with Gasteiger partial charge >= 0.3 is 5.97 Å². The van der Waals surface area contributed by atoms with Crippen LogP contribution in [0.4, 0.5) is 0 Å². The van der Waals surface area contributed by atoms with Gasteiger partial charge in [-0.3, -0.25) is 14.4 Å². The first-order chi connectivity index (χ1) is 13.8. The number of hydrogen-bond acceptors (Lipinski definition) is 5. The molecule has 0 aromatic rings. The molecule has 162 valence electrons. The molecule has 5 nitrogen and oxygen atoms in total. The number of carbonyl (C=O) groups excluding carboxylic acids is 3. The van der Waals surface area contributed by atoms with Crippen LogP contribution < -0.4 is 0 Å². The first-order valence-corrected chi connectivity index (χ1v) is 11.5. The van der Waals surface area contributed by atoms with E-state index < -0.39 is 0 Å². The molecule has 8 atom stereocenters. The lowest BCUT2D eigenvalue weighted by Crippen LogP contribution is -2.54. The molecule has 0 saturated heterocycles. The lowest BCUT2D eigenvalue weighted by molar-refractivity contribution is -0.155. The van der Waals surface area contributed by atoms with Crippen LogP contribution in [0.3, 0.4) is 0 Å². The molecule has 0 N–H and O–H groups in total. The van der Waals surface area contributed by atoms with Crippen LogP contribution in [-0.4, -0.2) is 30.9 Å². The first-order valence-electron chi connectivity index (χ1n) is 11.5. The summed E-state index contributed by atoms with van der Waals surface area (Å²) in [4.78, 5) is 34.8. The minimum atomic E-state index is -0.373. The molecule has 1 unspecified atom stereocenters. The molecule has 29 heavy (non-hydrogen) atoms. The van der Waals surface area contributed by atoms with E-state index in [4.69, 9.17) is 9.47 Å². The highest BCUT2D eigenvalue weighted by molar-refractivity contribution is 5.85. The van der Waals surface area contributed by atoms with E-state index in [1.54, 1.807) is 0 Å². The number of ether oxygens (including phenoxy) is 2. The van der Waals surface area contributed by atoms with Gasteiger partial charge in [-0.1, -0.05) is 13.8 Å². The molecule has 0 bridgehead atoms. The van der Waals surface area contributed by atoms with Gasteiger partial charge in [-0.25, -0.2) is 0 Å². The number of Topliss-reactive ketones (excluding diaryl/α,β-unsaturated/α-hetero) is 1. The Labute approximate surface area is 174 Å². The SMILES string of the molecule is CC(=O)OCC(=O)[C@H]1CC[C@H]2[C@@H]3CCC4C[C@H](OC=O)CC[C@]4(C)[C@H]3CC[C@]12C. The average molecular weight is 405 g/mol. The number of ketones is 1. The Bertz CT molecular complexity index is 674. The molecule has 0 aromatic heterocycles. The van der Waals surface area contributed by atoms with Crippen molar-refractivity contribution in [3.63, 3.8) is 0 Å². The van der Waals surface area contributed by atoms with Gasteiger partial charge in [-0.05, 0) is 92.3 Å². The van der Waals surface area contributed by atoms with Crippen molar-refractivity contribution in [1.82, 2.24) is 0 Å². The van der Waals surface area contributed by atoms with Gasteiger partial charge in [-0.2, -0.15) is 0 Å². The Balaban J connectivity index is 1.49. The van der Waals surface area contributed by atoms with Crippen LogP contribution in [0.5, 0.6) is 0 Å². The summed E-state index contributed by atoms with van der Waals surface area (Å²) in [5.41, 5.74) is 0.395. The van der Waals surface area contributed by atoms with Gasteiger partial charge in [0.05, 0.1) is 0 Å². The third kappa shape index (κ3) is 3.42. The Morgan fingerprint density at radius 1 is 0.966 bits per heavy atom. The van der Waals surface area contributed by atoms with Crippen LogP contribution in [0.1, 0.15) is 78.6 Å². The molecular formula is C24H36O5. The Morgan fingerprint density at radius 3 is 2.41 bits per heavy atom. The maximum atomic E-state index is 12.8. The second-order valence-electron chi connectivity index (χ2n) is 10.7. The van der Waals surface area contributed by atoms with Crippen molar-refractivity contribution >= 4 is 18.2 Å². The van der Waals surface area contributed by atoms with Crippen molar-refractivity contribution in [3.8, 4) is 0 Å². The van der Waals surface area contributed by atoms with E-state index in [1.165, 1.54) is 26.2 Å². The molecule has 0 aliphatic heterocycles. The predicted octanol–water partition coefficient (Wildman–Crippen LogP) is 4.32. The summed E-state index contributed by atoms with van der Waals surface area (Å²) in [5, 5.41) is 0.